The number of carbonyl (C=O) groups excluding carboxylic acids is 1. The Morgan fingerprint density at radius 3 is 2.57 bits per heavy atom. The lowest BCUT2D eigenvalue weighted by molar-refractivity contribution is 0.0848. The number of benzene rings is 2. The lowest BCUT2D eigenvalue weighted by Crippen LogP contribution is -2.33. The molecule has 1 atom stereocenters. The van der Waals surface area contributed by atoms with Gasteiger partial charge in [0.1, 0.15) is 24.2 Å². The Bertz CT molecular complexity index is 838. The summed E-state index contributed by atoms with van der Waals surface area (Å²) in [6.07, 6.45) is 4.06. The number of hydrogen-bond donors (Lipinski definition) is 0. The summed E-state index contributed by atoms with van der Waals surface area (Å²) in [5.41, 5.74) is 3.87. The molecule has 0 saturated carbocycles. The van der Waals surface area contributed by atoms with Crippen LogP contribution in [-0.4, -0.2) is 36.9 Å². The van der Waals surface area contributed by atoms with E-state index in [0.717, 1.165) is 23.4 Å². The highest BCUT2D eigenvalue weighted by atomic mass is 16.5. The summed E-state index contributed by atoms with van der Waals surface area (Å²) >= 11 is 0. The van der Waals surface area contributed by atoms with Gasteiger partial charge in [-0.05, 0) is 57.0 Å². The van der Waals surface area contributed by atoms with E-state index >= 15 is 0 Å². The van der Waals surface area contributed by atoms with Gasteiger partial charge in [0, 0.05) is 12.6 Å². The third kappa shape index (κ3) is 4.22. The number of fused-ring (bicyclic) bond motifs is 1. The predicted octanol–water partition coefficient (Wildman–Crippen LogP) is 4.87. The maximum atomic E-state index is 12.8. The Balaban J connectivity index is 1.47. The van der Waals surface area contributed by atoms with Crippen LogP contribution in [0.3, 0.4) is 0 Å². The van der Waals surface area contributed by atoms with Gasteiger partial charge < -0.3 is 9.47 Å². The van der Waals surface area contributed by atoms with E-state index in [9.17, 15) is 4.79 Å². The molecule has 2 aromatic rings. The predicted molar refractivity (Wildman–Crippen MR) is 110 cm³/mol. The summed E-state index contributed by atoms with van der Waals surface area (Å²) in [5, 5.41) is 0. The summed E-state index contributed by atoms with van der Waals surface area (Å²) in [6.45, 7) is 7.97. The minimum Gasteiger partial charge on any atom is -0.492 e. The first-order chi connectivity index (χ1) is 13.6. The Morgan fingerprint density at radius 2 is 1.82 bits per heavy atom. The third-order valence-electron chi connectivity index (χ3n) is 5.77. The summed E-state index contributed by atoms with van der Waals surface area (Å²) in [7, 11) is 0. The highest BCUT2D eigenvalue weighted by molar-refractivity contribution is 6.01. The number of nitrogens with zero attached hydrogens (tertiary/aromatic N) is 1. The van der Waals surface area contributed by atoms with E-state index < -0.39 is 0 Å². The minimum absolute atomic E-state index is 0.143. The highest BCUT2D eigenvalue weighted by Gasteiger charge is 2.29. The summed E-state index contributed by atoms with van der Waals surface area (Å²) in [4.78, 5) is 15.2. The van der Waals surface area contributed by atoms with Gasteiger partial charge in [-0.25, -0.2) is 0 Å². The zero-order chi connectivity index (χ0) is 19.5. The topological polar surface area (TPSA) is 38.8 Å². The summed E-state index contributed by atoms with van der Waals surface area (Å²) in [6, 6.07) is 12.1. The molecule has 28 heavy (non-hydrogen) atoms. The van der Waals surface area contributed by atoms with Gasteiger partial charge in [0.15, 0.2) is 5.78 Å². The standard InChI is InChI=1S/C24H29NO3/c1-17-6-8-19(9-7-17)22-16-21(26)24-18(2)14-20(15-23(24)28-22)27-13-12-25-10-4-3-5-11-25/h6-9,14-15,22H,3-5,10-13,16H2,1-2H3. The van der Waals surface area contributed by atoms with E-state index in [4.69, 9.17) is 9.47 Å². The number of hydrogen-bond acceptors (Lipinski definition) is 4. The molecule has 0 spiro atoms. The highest BCUT2D eigenvalue weighted by Crippen LogP contribution is 2.39. The molecule has 2 aliphatic rings. The first kappa shape index (κ1) is 19.0. The normalized spacial score (nSPS) is 19.8. The molecule has 0 aliphatic carbocycles. The Hall–Kier alpha value is -2.33. The molecule has 2 aliphatic heterocycles. The fourth-order valence-corrected chi connectivity index (χ4v) is 4.16. The lowest BCUT2D eigenvalue weighted by Gasteiger charge is -2.28. The summed E-state index contributed by atoms with van der Waals surface area (Å²) in [5.74, 6) is 1.57. The molecule has 1 saturated heterocycles. The number of likely N-dealkylation sites (tertiary alicyclic amines) is 1. The molecule has 2 heterocycles. The van der Waals surface area contributed by atoms with Gasteiger partial charge >= 0.3 is 0 Å². The third-order valence-corrected chi connectivity index (χ3v) is 5.77. The average molecular weight is 380 g/mol. The van der Waals surface area contributed by atoms with Crippen molar-refractivity contribution in [2.75, 3.05) is 26.2 Å². The molecule has 0 amide bonds. The van der Waals surface area contributed by atoms with Gasteiger partial charge in [0.2, 0.25) is 0 Å². The number of Topliss-reactive ketones (excluding diaryl/α,β-unsaturated/α-hetero) is 1. The largest absolute Gasteiger partial charge is 0.492 e. The van der Waals surface area contributed by atoms with E-state index in [1.807, 2.05) is 31.2 Å². The molecule has 4 rings (SSSR count). The van der Waals surface area contributed by atoms with Gasteiger partial charge in [0.25, 0.3) is 0 Å². The molecular formula is C24H29NO3. The van der Waals surface area contributed by atoms with Crippen molar-refractivity contribution in [3.63, 3.8) is 0 Å². The zero-order valence-corrected chi connectivity index (χ0v) is 16.9. The van der Waals surface area contributed by atoms with Gasteiger partial charge in [-0.3, -0.25) is 9.69 Å². The van der Waals surface area contributed by atoms with Crippen LogP contribution in [0.1, 0.15) is 58.8 Å². The number of aryl methyl sites for hydroxylation is 2. The average Bonchev–Trinajstić information content (AvgIpc) is 2.69. The minimum atomic E-state index is -0.233. The van der Waals surface area contributed by atoms with E-state index in [1.54, 1.807) is 0 Å². The molecular weight excluding hydrogens is 350 g/mol. The number of carbonyl (C=O) groups is 1. The van der Waals surface area contributed by atoms with Crippen LogP contribution in [0.15, 0.2) is 36.4 Å². The van der Waals surface area contributed by atoms with Crippen molar-refractivity contribution in [3.05, 3.63) is 58.7 Å². The van der Waals surface area contributed by atoms with Crippen molar-refractivity contribution in [3.8, 4) is 11.5 Å². The second-order valence-corrected chi connectivity index (χ2v) is 8.01. The van der Waals surface area contributed by atoms with Gasteiger partial charge in [-0.15, -0.1) is 0 Å². The van der Waals surface area contributed by atoms with Crippen molar-refractivity contribution in [1.29, 1.82) is 0 Å². The molecule has 0 bridgehead atoms. The quantitative estimate of drug-likeness (QED) is 0.743. The molecule has 0 N–H and O–H groups in total. The summed E-state index contributed by atoms with van der Waals surface area (Å²) < 4.78 is 12.2. The second-order valence-electron chi connectivity index (χ2n) is 8.01. The lowest BCUT2D eigenvalue weighted by atomic mass is 9.93. The maximum absolute atomic E-state index is 12.8. The fraction of sp³-hybridized carbons (Fsp3) is 0.458. The van der Waals surface area contributed by atoms with E-state index in [0.29, 0.717) is 24.3 Å². The second kappa shape index (κ2) is 8.36. The van der Waals surface area contributed by atoms with Gasteiger partial charge in [-0.1, -0.05) is 36.2 Å². The van der Waals surface area contributed by atoms with Crippen molar-refractivity contribution < 1.29 is 14.3 Å². The molecule has 4 nitrogen and oxygen atoms in total. The van der Waals surface area contributed by atoms with Crippen LogP contribution in [0.5, 0.6) is 11.5 Å². The van der Waals surface area contributed by atoms with Crippen LogP contribution < -0.4 is 9.47 Å². The number of piperidine rings is 1. The molecule has 0 radical (unpaired) electrons. The molecule has 1 unspecified atom stereocenters. The van der Waals surface area contributed by atoms with Gasteiger partial charge in [-0.2, -0.15) is 0 Å². The molecule has 2 aromatic carbocycles. The molecule has 148 valence electrons. The first-order valence-corrected chi connectivity index (χ1v) is 10.4. The maximum Gasteiger partial charge on any atom is 0.170 e. The van der Waals surface area contributed by atoms with Crippen LogP contribution in [0.2, 0.25) is 0 Å². The Labute approximate surface area is 167 Å². The van der Waals surface area contributed by atoms with Crippen LogP contribution in [0, 0.1) is 13.8 Å². The van der Waals surface area contributed by atoms with E-state index in [-0.39, 0.29) is 11.9 Å². The molecule has 1 fully saturated rings. The molecule has 4 heteroatoms. The van der Waals surface area contributed by atoms with Crippen molar-refractivity contribution in [2.45, 2.75) is 45.6 Å². The van der Waals surface area contributed by atoms with E-state index in [2.05, 4.69) is 24.0 Å². The van der Waals surface area contributed by atoms with Crippen molar-refractivity contribution >= 4 is 5.78 Å². The fourth-order valence-electron chi connectivity index (χ4n) is 4.16. The monoisotopic (exact) mass is 379 g/mol. The Morgan fingerprint density at radius 1 is 1.07 bits per heavy atom. The number of ketones is 1. The van der Waals surface area contributed by atoms with Crippen LogP contribution >= 0.6 is 0 Å². The molecule has 0 aromatic heterocycles. The Kier molecular flexibility index (Phi) is 5.67. The number of ether oxygens (including phenoxy) is 2. The number of rotatable bonds is 5. The first-order valence-electron chi connectivity index (χ1n) is 10.4. The smallest absolute Gasteiger partial charge is 0.170 e. The SMILES string of the molecule is Cc1ccc(C2CC(=O)c3c(C)cc(OCCN4CCCCC4)cc3O2)cc1. The van der Waals surface area contributed by atoms with Crippen LogP contribution in [0.4, 0.5) is 0 Å². The van der Waals surface area contributed by atoms with E-state index in [1.165, 1.54) is 37.9 Å². The van der Waals surface area contributed by atoms with Crippen molar-refractivity contribution in [2.24, 2.45) is 0 Å². The van der Waals surface area contributed by atoms with Crippen molar-refractivity contribution in [1.82, 2.24) is 4.90 Å². The van der Waals surface area contributed by atoms with Gasteiger partial charge in [0.05, 0.1) is 12.0 Å². The van der Waals surface area contributed by atoms with Crippen LogP contribution in [-0.2, 0) is 0 Å². The van der Waals surface area contributed by atoms with Crippen LogP contribution in [0.25, 0.3) is 0 Å². The zero-order valence-electron chi connectivity index (χ0n) is 16.9.